The van der Waals surface area contributed by atoms with Gasteiger partial charge in [-0.3, -0.25) is 4.79 Å². The van der Waals surface area contributed by atoms with Gasteiger partial charge in [0, 0.05) is 24.5 Å². The van der Waals surface area contributed by atoms with Crippen molar-refractivity contribution in [2.24, 2.45) is 11.3 Å². The zero-order valence-electron chi connectivity index (χ0n) is 17.9. The Labute approximate surface area is 163 Å². The third-order valence-corrected chi connectivity index (χ3v) is 5.05. The molecule has 1 aliphatic carbocycles. The van der Waals surface area contributed by atoms with Crippen LogP contribution in [0.4, 0.5) is 0 Å². The van der Waals surface area contributed by atoms with Gasteiger partial charge in [-0.05, 0) is 64.2 Å². The molecule has 5 heteroatoms. The largest absolute Gasteiger partial charge is 0.460 e. The number of rotatable bonds is 8. The first-order valence-corrected chi connectivity index (χ1v) is 10.3. The lowest BCUT2D eigenvalue weighted by Gasteiger charge is -2.37. The summed E-state index contributed by atoms with van der Waals surface area (Å²) in [4.78, 5) is 12.2. The number of hydrogen-bond donors (Lipinski definition) is 1. The number of aliphatic hydroxyl groups is 1. The predicted octanol–water partition coefficient (Wildman–Crippen LogP) is 5.19. The highest BCUT2D eigenvalue weighted by Crippen LogP contribution is 2.46. The predicted molar refractivity (Wildman–Crippen MR) is 106 cm³/mol. The Hall–Kier alpha value is -1.36. The molecule has 1 aliphatic rings. The van der Waals surface area contributed by atoms with Crippen LogP contribution in [-0.2, 0) is 9.53 Å². The van der Waals surface area contributed by atoms with E-state index in [2.05, 4.69) is 25.9 Å². The summed E-state index contributed by atoms with van der Waals surface area (Å²) in [5.41, 5.74) is 0.875. The monoisotopic (exact) mass is 379 g/mol. The van der Waals surface area contributed by atoms with E-state index in [0.717, 1.165) is 30.2 Å². The first-order valence-electron chi connectivity index (χ1n) is 10.3. The molecule has 5 nitrogen and oxygen atoms in total. The van der Waals surface area contributed by atoms with Gasteiger partial charge in [-0.15, -0.1) is 0 Å². The Bertz CT molecular complexity index is 603. The number of hydrogen-bond acceptors (Lipinski definition) is 5. The van der Waals surface area contributed by atoms with Crippen molar-refractivity contribution in [1.29, 1.82) is 0 Å². The lowest BCUT2D eigenvalue weighted by Crippen LogP contribution is -2.26. The topological polar surface area (TPSA) is 72.6 Å². The smallest absolute Gasteiger partial charge is 0.307 e. The van der Waals surface area contributed by atoms with Crippen molar-refractivity contribution in [2.45, 2.75) is 97.5 Å². The minimum atomic E-state index is -0.501. The zero-order valence-corrected chi connectivity index (χ0v) is 17.9. The number of ether oxygens (including phenoxy) is 1. The average Bonchev–Trinajstić information content (AvgIpc) is 2.93. The summed E-state index contributed by atoms with van der Waals surface area (Å²) < 4.78 is 11.1. The van der Waals surface area contributed by atoms with Crippen LogP contribution in [0.1, 0.15) is 103 Å². The molecule has 1 fully saturated rings. The fourth-order valence-corrected chi connectivity index (χ4v) is 3.97. The van der Waals surface area contributed by atoms with Crippen molar-refractivity contribution >= 4 is 5.97 Å². The minimum absolute atomic E-state index is 0.0984. The summed E-state index contributed by atoms with van der Waals surface area (Å²) in [5.74, 6) is 1.64. The van der Waals surface area contributed by atoms with Gasteiger partial charge in [0.25, 0.3) is 0 Å². The number of carbonyl (C=O) groups is 1. The summed E-state index contributed by atoms with van der Waals surface area (Å²) in [5, 5.41) is 13.5. The lowest BCUT2D eigenvalue weighted by molar-refractivity contribution is -0.155. The summed E-state index contributed by atoms with van der Waals surface area (Å²) in [6, 6.07) is 2.02. The van der Waals surface area contributed by atoms with Crippen LogP contribution in [0.5, 0.6) is 0 Å². The van der Waals surface area contributed by atoms with Crippen LogP contribution in [0.3, 0.4) is 0 Å². The van der Waals surface area contributed by atoms with Crippen LogP contribution >= 0.6 is 0 Å². The molecule has 1 saturated carbocycles. The molecule has 0 aliphatic heterocycles. The molecule has 0 unspecified atom stereocenters. The van der Waals surface area contributed by atoms with Gasteiger partial charge in [-0.1, -0.05) is 25.9 Å². The van der Waals surface area contributed by atoms with E-state index in [-0.39, 0.29) is 24.9 Å². The summed E-state index contributed by atoms with van der Waals surface area (Å²) >= 11 is 0. The van der Waals surface area contributed by atoms with Crippen molar-refractivity contribution in [3.05, 3.63) is 17.5 Å². The highest BCUT2D eigenvalue weighted by molar-refractivity contribution is 5.70. The average molecular weight is 380 g/mol. The van der Waals surface area contributed by atoms with Crippen LogP contribution in [-0.4, -0.2) is 28.4 Å². The summed E-state index contributed by atoms with van der Waals surface area (Å²) in [7, 11) is 0. The Kier molecular flexibility index (Phi) is 7.12. The molecule has 1 aromatic heterocycles. The third kappa shape index (κ3) is 7.28. The first kappa shape index (κ1) is 21.9. The molecule has 1 heterocycles. The quantitative estimate of drug-likeness (QED) is 0.629. The first-order chi connectivity index (χ1) is 12.5. The third-order valence-electron chi connectivity index (χ3n) is 5.05. The molecule has 27 heavy (non-hydrogen) atoms. The van der Waals surface area contributed by atoms with Gasteiger partial charge in [0.05, 0.1) is 12.1 Å². The maximum Gasteiger partial charge on any atom is 0.307 e. The van der Waals surface area contributed by atoms with Crippen molar-refractivity contribution in [2.75, 3.05) is 6.61 Å². The second kappa shape index (κ2) is 8.76. The highest BCUT2D eigenvalue weighted by atomic mass is 16.6. The van der Waals surface area contributed by atoms with Crippen LogP contribution in [0.2, 0.25) is 0 Å². The summed E-state index contributed by atoms with van der Waals surface area (Å²) in [6.45, 7) is 12.6. The number of esters is 1. The van der Waals surface area contributed by atoms with Crippen molar-refractivity contribution in [3.8, 4) is 0 Å². The van der Waals surface area contributed by atoms with Gasteiger partial charge >= 0.3 is 5.97 Å². The number of carbonyl (C=O) groups excluding carboxylic acids is 1. The van der Waals surface area contributed by atoms with E-state index in [1.165, 1.54) is 6.42 Å². The highest BCUT2D eigenvalue weighted by Gasteiger charge is 2.35. The second-order valence-corrected chi connectivity index (χ2v) is 10.3. The van der Waals surface area contributed by atoms with Crippen LogP contribution in [0, 0.1) is 11.3 Å². The maximum atomic E-state index is 12.2. The lowest BCUT2D eigenvalue weighted by atomic mass is 9.67. The van der Waals surface area contributed by atoms with Crippen molar-refractivity contribution in [3.63, 3.8) is 0 Å². The molecule has 1 atom stereocenters. The van der Waals surface area contributed by atoms with E-state index in [1.807, 2.05) is 26.8 Å². The Morgan fingerprint density at radius 3 is 2.52 bits per heavy atom. The Morgan fingerprint density at radius 1 is 1.30 bits per heavy atom. The Balaban J connectivity index is 1.96. The number of nitrogens with zero attached hydrogens (tertiary/aromatic N) is 1. The van der Waals surface area contributed by atoms with Gasteiger partial charge in [-0.25, -0.2) is 0 Å². The van der Waals surface area contributed by atoms with E-state index in [1.54, 1.807) is 0 Å². The van der Waals surface area contributed by atoms with Crippen LogP contribution in [0.15, 0.2) is 10.6 Å². The van der Waals surface area contributed by atoms with Gasteiger partial charge in [0.1, 0.15) is 11.4 Å². The van der Waals surface area contributed by atoms with Crippen molar-refractivity contribution in [1.82, 2.24) is 5.16 Å². The van der Waals surface area contributed by atoms with E-state index in [9.17, 15) is 9.90 Å². The van der Waals surface area contributed by atoms with E-state index >= 15 is 0 Å². The number of aliphatic hydroxyl groups excluding tert-OH is 1. The molecule has 0 aromatic carbocycles. The standard InChI is InChI=1S/C22H37NO4/c1-21(2,3)14-15-10-17(11-15)18-13-19(27-23-18)16(8-7-9-24)12-20(25)26-22(4,5)6/h13,15-17,24H,7-12,14H2,1-6H3/t15-,16-,17+/m0/s1. The van der Waals surface area contributed by atoms with Gasteiger partial charge in [-0.2, -0.15) is 0 Å². The SMILES string of the molecule is CC(C)(C)C[C@H]1C[C@@H](c2cc([C@@H](CCCO)CC(=O)OC(C)(C)C)on2)C1. The zero-order chi connectivity index (χ0) is 20.2. The van der Waals surface area contributed by atoms with Crippen LogP contribution in [0.25, 0.3) is 0 Å². The molecule has 1 aromatic rings. The maximum absolute atomic E-state index is 12.2. The molecule has 1 N–H and O–H groups in total. The Morgan fingerprint density at radius 2 is 1.96 bits per heavy atom. The molecule has 0 bridgehead atoms. The molecule has 0 spiro atoms. The summed E-state index contributed by atoms with van der Waals surface area (Å²) in [6.07, 6.45) is 5.13. The molecule has 154 valence electrons. The van der Waals surface area contributed by atoms with Crippen molar-refractivity contribution < 1.29 is 19.2 Å². The van der Waals surface area contributed by atoms with E-state index in [0.29, 0.717) is 24.2 Å². The molecule has 0 radical (unpaired) electrons. The second-order valence-electron chi connectivity index (χ2n) is 10.3. The normalized spacial score (nSPS) is 21.6. The molecular weight excluding hydrogens is 342 g/mol. The molecular formula is C22H37NO4. The van der Waals surface area contributed by atoms with Gasteiger partial charge in [0.15, 0.2) is 0 Å². The fraction of sp³-hybridized carbons (Fsp3) is 0.818. The molecule has 0 amide bonds. The van der Waals surface area contributed by atoms with E-state index in [4.69, 9.17) is 9.26 Å². The molecule has 0 saturated heterocycles. The van der Waals surface area contributed by atoms with Crippen LogP contribution < -0.4 is 0 Å². The molecule has 2 rings (SSSR count). The van der Waals surface area contributed by atoms with Gasteiger partial charge < -0.3 is 14.4 Å². The van der Waals surface area contributed by atoms with E-state index < -0.39 is 5.60 Å². The fourth-order valence-electron chi connectivity index (χ4n) is 3.97. The number of aromatic nitrogens is 1. The van der Waals surface area contributed by atoms with Gasteiger partial charge in [0.2, 0.25) is 0 Å². The minimum Gasteiger partial charge on any atom is -0.460 e.